The molecule has 4 aromatic heterocycles. The molecule has 8 nitrogen and oxygen atoms in total. The fraction of sp³-hybridized carbons (Fsp3) is 0.259. The molecule has 0 bridgehead atoms. The van der Waals surface area contributed by atoms with Crippen LogP contribution in [0, 0.1) is 0 Å². The number of H-pyrrole nitrogens is 2. The lowest BCUT2D eigenvalue weighted by Crippen LogP contribution is -2.29. The Labute approximate surface area is 203 Å². The Kier molecular flexibility index (Phi) is 5.41. The van der Waals surface area contributed by atoms with Crippen molar-refractivity contribution in [2.75, 3.05) is 23.3 Å². The molecule has 5 aromatic rings. The molecular formula is C27H28N8. The van der Waals surface area contributed by atoms with Crippen molar-refractivity contribution < 1.29 is 0 Å². The number of piperidine rings is 1. The van der Waals surface area contributed by atoms with Gasteiger partial charge in [-0.05, 0) is 56.0 Å². The largest absolute Gasteiger partial charge is 0.370 e. The molecule has 1 aromatic carbocycles. The van der Waals surface area contributed by atoms with Gasteiger partial charge in [-0.2, -0.15) is 5.10 Å². The maximum Gasteiger partial charge on any atom is 0.161 e. The smallest absolute Gasteiger partial charge is 0.161 e. The highest BCUT2D eigenvalue weighted by Crippen LogP contribution is 2.32. The lowest BCUT2D eigenvalue weighted by molar-refractivity contribution is 0.579. The Morgan fingerprint density at radius 2 is 1.91 bits per heavy atom. The van der Waals surface area contributed by atoms with Crippen molar-refractivity contribution in [2.45, 2.75) is 32.6 Å². The van der Waals surface area contributed by atoms with Crippen molar-refractivity contribution >= 4 is 33.4 Å². The zero-order valence-electron chi connectivity index (χ0n) is 19.8. The molecule has 1 saturated heterocycles. The number of anilines is 2. The van der Waals surface area contributed by atoms with Crippen LogP contribution < -0.4 is 10.2 Å². The molecule has 5 heterocycles. The second kappa shape index (κ2) is 8.87. The molecular weight excluding hydrogens is 436 g/mol. The highest BCUT2D eigenvalue weighted by Gasteiger charge is 2.19. The van der Waals surface area contributed by atoms with Gasteiger partial charge in [-0.15, -0.1) is 0 Å². The van der Waals surface area contributed by atoms with Crippen molar-refractivity contribution in [1.82, 2.24) is 30.1 Å². The molecule has 1 fully saturated rings. The van der Waals surface area contributed by atoms with Gasteiger partial charge in [0.05, 0.1) is 34.3 Å². The predicted molar refractivity (Wildman–Crippen MR) is 141 cm³/mol. The van der Waals surface area contributed by atoms with Crippen molar-refractivity contribution in [3.05, 3.63) is 61.1 Å². The third-order valence-corrected chi connectivity index (χ3v) is 6.60. The van der Waals surface area contributed by atoms with Gasteiger partial charge in [0.25, 0.3) is 0 Å². The summed E-state index contributed by atoms with van der Waals surface area (Å²) in [5.41, 5.74) is 9.11. The van der Waals surface area contributed by atoms with Crippen LogP contribution in [0.25, 0.3) is 44.8 Å². The average molecular weight is 465 g/mol. The van der Waals surface area contributed by atoms with Gasteiger partial charge >= 0.3 is 0 Å². The lowest BCUT2D eigenvalue weighted by Gasteiger charge is -2.28. The van der Waals surface area contributed by atoms with E-state index in [1.165, 1.54) is 24.9 Å². The van der Waals surface area contributed by atoms with Crippen LogP contribution in [-0.2, 0) is 0 Å². The fourth-order valence-corrected chi connectivity index (χ4v) is 4.68. The van der Waals surface area contributed by atoms with Crippen LogP contribution in [0.3, 0.4) is 0 Å². The number of nitrogens with zero attached hydrogens (tertiary/aromatic N) is 5. The Morgan fingerprint density at radius 1 is 1.03 bits per heavy atom. The first-order valence-corrected chi connectivity index (χ1v) is 12.2. The van der Waals surface area contributed by atoms with E-state index >= 15 is 0 Å². The summed E-state index contributed by atoms with van der Waals surface area (Å²) in [5.74, 6) is 0.716. The molecule has 0 atom stereocenters. The molecule has 0 spiro atoms. The SMILES string of the molecule is C=C(CC)Nc1cncc(-c2ccc3[nH]nc(-c4nc5c(N6CCCCC6)cccc5[nH]4)c3n2)c1. The van der Waals surface area contributed by atoms with Gasteiger partial charge in [-0.25, -0.2) is 9.97 Å². The van der Waals surface area contributed by atoms with Crippen molar-refractivity contribution in [3.63, 3.8) is 0 Å². The lowest BCUT2D eigenvalue weighted by atomic mass is 10.1. The summed E-state index contributed by atoms with van der Waals surface area (Å²) in [6.07, 6.45) is 8.21. The number of nitrogens with one attached hydrogen (secondary N) is 3. The Balaban J connectivity index is 1.39. The molecule has 3 N–H and O–H groups in total. The van der Waals surface area contributed by atoms with Crippen LogP contribution in [0.5, 0.6) is 0 Å². The standard InChI is InChI=1S/C27H28N8/c1-3-17(2)29-19-14-18(15-28-16-19)20-10-11-22-25(30-20)26(34-33-22)27-31-21-8-7-9-23(24(21)32-27)35-12-5-4-6-13-35/h7-11,14-16,29H,2-6,12-13H2,1H3,(H,31,32)(H,33,34). The molecule has 176 valence electrons. The molecule has 8 heteroatoms. The van der Waals surface area contributed by atoms with E-state index < -0.39 is 0 Å². The van der Waals surface area contributed by atoms with Crippen LogP contribution in [0.2, 0.25) is 0 Å². The van der Waals surface area contributed by atoms with E-state index in [1.807, 2.05) is 24.4 Å². The molecule has 35 heavy (non-hydrogen) atoms. The summed E-state index contributed by atoms with van der Waals surface area (Å²) in [6.45, 7) is 8.24. The molecule has 1 aliphatic heterocycles. The van der Waals surface area contributed by atoms with E-state index in [0.29, 0.717) is 11.5 Å². The maximum atomic E-state index is 4.99. The monoisotopic (exact) mass is 464 g/mol. The highest BCUT2D eigenvalue weighted by molar-refractivity contribution is 5.95. The van der Waals surface area contributed by atoms with Gasteiger partial charge in [0.15, 0.2) is 11.5 Å². The van der Waals surface area contributed by atoms with E-state index in [0.717, 1.165) is 64.2 Å². The van der Waals surface area contributed by atoms with E-state index in [1.54, 1.807) is 6.20 Å². The van der Waals surface area contributed by atoms with Gasteiger partial charge in [-0.3, -0.25) is 10.1 Å². The van der Waals surface area contributed by atoms with Crippen LogP contribution in [0.1, 0.15) is 32.6 Å². The maximum absolute atomic E-state index is 4.99. The quantitative estimate of drug-likeness (QED) is 0.290. The molecule has 6 rings (SSSR count). The zero-order valence-corrected chi connectivity index (χ0v) is 19.8. The Morgan fingerprint density at radius 3 is 2.77 bits per heavy atom. The number of aromatic nitrogens is 6. The van der Waals surface area contributed by atoms with Crippen molar-refractivity contribution in [3.8, 4) is 22.8 Å². The number of aromatic amines is 2. The topological polar surface area (TPSA) is 98.4 Å². The van der Waals surface area contributed by atoms with Crippen LogP contribution in [0.4, 0.5) is 11.4 Å². The second-order valence-electron chi connectivity index (χ2n) is 9.02. The number of hydrogen-bond donors (Lipinski definition) is 3. The average Bonchev–Trinajstić information content (AvgIpc) is 3.53. The summed E-state index contributed by atoms with van der Waals surface area (Å²) in [4.78, 5) is 20.2. The summed E-state index contributed by atoms with van der Waals surface area (Å²) in [6, 6.07) is 12.3. The van der Waals surface area contributed by atoms with Crippen LogP contribution in [-0.4, -0.2) is 43.2 Å². The highest BCUT2D eigenvalue weighted by atomic mass is 15.2. The van der Waals surface area contributed by atoms with Gasteiger partial charge in [0.2, 0.25) is 0 Å². The number of para-hydroxylation sites is 1. The van der Waals surface area contributed by atoms with E-state index in [4.69, 9.17) is 9.97 Å². The first-order valence-electron chi connectivity index (χ1n) is 12.2. The number of benzene rings is 1. The Hall–Kier alpha value is -4.20. The third kappa shape index (κ3) is 4.01. The minimum absolute atomic E-state index is 0.712. The second-order valence-corrected chi connectivity index (χ2v) is 9.02. The minimum atomic E-state index is 0.712. The van der Waals surface area contributed by atoms with Gasteiger partial charge in [0, 0.05) is 30.5 Å². The molecule has 0 saturated carbocycles. The minimum Gasteiger partial charge on any atom is -0.370 e. The number of fused-ring (bicyclic) bond motifs is 2. The summed E-state index contributed by atoms with van der Waals surface area (Å²) in [5, 5.41) is 11.0. The fourth-order valence-electron chi connectivity index (χ4n) is 4.68. The van der Waals surface area contributed by atoms with Crippen molar-refractivity contribution in [2.24, 2.45) is 0 Å². The Bertz CT molecular complexity index is 1520. The molecule has 0 radical (unpaired) electrons. The molecule has 0 aliphatic carbocycles. The number of rotatable bonds is 6. The van der Waals surface area contributed by atoms with Crippen LogP contribution in [0.15, 0.2) is 61.1 Å². The van der Waals surface area contributed by atoms with E-state index in [2.05, 4.69) is 62.1 Å². The zero-order chi connectivity index (χ0) is 23.8. The third-order valence-electron chi connectivity index (χ3n) is 6.60. The first kappa shape index (κ1) is 21.3. The van der Waals surface area contributed by atoms with Crippen LogP contribution >= 0.6 is 0 Å². The number of allylic oxidation sites excluding steroid dienone is 1. The molecule has 0 amide bonds. The molecule has 1 aliphatic rings. The van der Waals surface area contributed by atoms with Crippen molar-refractivity contribution in [1.29, 1.82) is 0 Å². The van der Waals surface area contributed by atoms with E-state index in [9.17, 15) is 0 Å². The summed E-state index contributed by atoms with van der Waals surface area (Å²) in [7, 11) is 0. The van der Waals surface area contributed by atoms with Gasteiger partial charge in [-0.1, -0.05) is 19.6 Å². The molecule has 0 unspecified atom stereocenters. The van der Waals surface area contributed by atoms with Gasteiger partial charge in [0.1, 0.15) is 11.0 Å². The summed E-state index contributed by atoms with van der Waals surface area (Å²) < 4.78 is 0. The number of hydrogen-bond acceptors (Lipinski definition) is 6. The van der Waals surface area contributed by atoms with E-state index in [-0.39, 0.29) is 0 Å². The summed E-state index contributed by atoms with van der Waals surface area (Å²) >= 11 is 0. The van der Waals surface area contributed by atoms with Gasteiger partial charge < -0.3 is 15.2 Å². The first-order chi connectivity index (χ1) is 17.2. The number of pyridine rings is 2. The predicted octanol–water partition coefficient (Wildman–Crippen LogP) is 5.89. The number of imidazole rings is 1. The normalized spacial score (nSPS) is 14.0.